The van der Waals surface area contributed by atoms with Crippen LogP contribution in [0.25, 0.3) is 6.08 Å². The van der Waals surface area contributed by atoms with Gasteiger partial charge in [-0.2, -0.15) is 0 Å². The summed E-state index contributed by atoms with van der Waals surface area (Å²) in [6.07, 6.45) is 3.00. The number of azo groups is 1. The fourth-order valence-corrected chi connectivity index (χ4v) is 2.44. The molecule has 0 fully saturated rings. The van der Waals surface area contributed by atoms with Gasteiger partial charge in [0.2, 0.25) is 0 Å². The highest BCUT2D eigenvalue weighted by molar-refractivity contribution is 5.96. The first kappa shape index (κ1) is 19.7. The second kappa shape index (κ2) is 9.75. The monoisotopic (exact) mass is 385 g/mol. The van der Waals surface area contributed by atoms with E-state index >= 15 is 0 Å². The van der Waals surface area contributed by atoms with Gasteiger partial charge in [-0.1, -0.05) is 48.5 Å². The minimum atomic E-state index is -0.526. The predicted molar refractivity (Wildman–Crippen MR) is 112 cm³/mol. The van der Waals surface area contributed by atoms with Gasteiger partial charge in [-0.3, -0.25) is 4.79 Å². The van der Waals surface area contributed by atoms with E-state index in [9.17, 15) is 9.59 Å². The lowest BCUT2D eigenvalue weighted by atomic mass is 10.1. The normalized spacial score (nSPS) is 10.9. The van der Waals surface area contributed by atoms with Crippen molar-refractivity contribution in [2.24, 2.45) is 10.2 Å². The average Bonchev–Trinajstić information content (AvgIpc) is 2.76. The summed E-state index contributed by atoms with van der Waals surface area (Å²) in [7, 11) is 0. The summed E-state index contributed by atoms with van der Waals surface area (Å²) in [6.45, 7) is 1.85. The first-order valence-corrected chi connectivity index (χ1v) is 8.93. The van der Waals surface area contributed by atoms with E-state index in [2.05, 4.69) is 15.7 Å². The molecular formula is C23H19N3O3. The first-order valence-electron chi connectivity index (χ1n) is 8.93. The van der Waals surface area contributed by atoms with E-state index in [0.29, 0.717) is 16.9 Å². The number of nitrogens with zero attached hydrogens (tertiary/aromatic N) is 2. The van der Waals surface area contributed by atoms with E-state index in [-0.39, 0.29) is 0 Å². The molecule has 3 aromatic carbocycles. The van der Waals surface area contributed by atoms with E-state index in [4.69, 9.17) is 4.84 Å². The van der Waals surface area contributed by atoms with Crippen molar-refractivity contribution in [2.75, 3.05) is 5.48 Å². The third kappa shape index (κ3) is 5.97. The molecule has 144 valence electrons. The minimum Gasteiger partial charge on any atom is -0.339 e. The SMILES string of the molecule is Cc1ccccc1C(=O)N=Nc1ccc(NOC(=O)/C=C/c2ccccc2)cc1. The Labute approximate surface area is 168 Å². The van der Waals surface area contributed by atoms with Crippen LogP contribution in [-0.4, -0.2) is 11.9 Å². The number of rotatable bonds is 6. The van der Waals surface area contributed by atoms with Crippen molar-refractivity contribution in [1.29, 1.82) is 0 Å². The molecular weight excluding hydrogens is 366 g/mol. The van der Waals surface area contributed by atoms with Crippen LogP contribution in [0.15, 0.2) is 95.2 Å². The smallest absolute Gasteiger partial charge is 0.339 e. The molecule has 0 aliphatic heterocycles. The van der Waals surface area contributed by atoms with Crippen molar-refractivity contribution in [1.82, 2.24) is 0 Å². The quantitative estimate of drug-likeness (QED) is 0.345. The van der Waals surface area contributed by atoms with Crippen LogP contribution < -0.4 is 5.48 Å². The molecule has 0 saturated carbocycles. The molecule has 1 amide bonds. The largest absolute Gasteiger partial charge is 0.355 e. The van der Waals surface area contributed by atoms with Gasteiger partial charge < -0.3 is 4.84 Å². The van der Waals surface area contributed by atoms with Crippen LogP contribution >= 0.6 is 0 Å². The molecule has 0 saturated heterocycles. The van der Waals surface area contributed by atoms with Crippen LogP contribution in [0.2, 0.25) is 0 Å². The van der Waals surface area contributed by atoms with Crippen molar-refractivity contribution in [2.45, 2.75) is 6.92 Å². The van der Waals surface area contributed by atoms with Gasteiger partial charge in [0, 0.05) is 11.6 Å². The molecule has 3 aromatic rings. The van der Waals surface area contributed by atoms with Gasteiger partial charge >= 0.3 is 5.97 Å². The van der Waals surface area contributed by atoms with Crippen LogP contribution in [-0.2, 0) is 9.63 Å². The average molecular weight is 385 g/mol. The molecule has 0 spiro atoms. The van der Waals surface area contributed by atoms with Gasteiger partial charge in [0.1, 0.15) is 0 Å². The molecule has 0 atom stereocenters. The van der Waals surface area contributed by atoms with Gasteiger partial charge in [-0.15, -0.1) is 10.2 Å². The van der Waals surface area contributed by atoms with E-state index in [1.54, 1.807) is 42.5 Å². The molecule has 0 bridgehead atoms. The molecule has 6 nitrogen and oxygen atoms in total. The summed E-state index contributed by atoms with van der Waals surface area (Å²) in [5.74, 6) is -0.925. The van der Waals surface area contributed by atoms with E-state index in [1.807, 2.05) is 49.4 Å². The Bertz CT molecular complexity index is 1040. The molecule has 3 rings (SSSR count). The maximum atomic E-state index is 12.1. The summed E-state index contributed by atoms with van der Waals surface area (Å²) in [4.78, 5) is 28.8. The highest BCUT2D eigenvalue weighted by Gasteiger charge is 2.06. The van der Waals surface area contributed by atoms with E-state index in [0.717, 1.165) is 11.1 Å². The number of carbonyl (C=O) groups is 2. The van der Waals surface area contributed by atoms with Crippen LogP contribution in [0.4, 0.5) is 11.4 Å². The molecule has 0 radical (unpaired) electrons. The Balaban J connectivity index is 1.52. The number of hydrogen-bond acceptors (Lipinski definition) is 5. The summed E-state index contributed by atoms with van der Waals surface area (Å²) in [5, 5.41) is 7.71. The number of anilines is 1. The number of benzene rings is 3. The summed E-state index contributed by atoms with van der Waals surface area (Å²) >= 11 is 0. The second-order valence-electron chi connectivity index (χ2n) is 6.13. The number of aryl methyl sites for hydroxylation is 1. The van der Waals surface area contributed by atoms with Crippen LogP contribution in [0.5, 0.6) is 0 Å². The lowest BCUT2D eigenvalue weighted by Crippen LogP contribution is -2.07. The number of nitrogens with one attached hydrogen (secondary N) is 1. The van der Waals surface area contributed by atoms with Crippen molar-refractivity contribution >= 4 is 29.3 Å². The summed E-state index contributed by atoms with van der Waals surface area (Å²) in [6, 6.07) is 23.3. The topological polar surface area (TPSA) is 80.1 Å². The Kier molecular flexibility index (Phi) is 6.62. The molecule has 0 aromatic heterocycles. The molecule has 29 heavy (non-hydrogen) atoms. The van der Waals surface area contributed by atoms with Crippen LogP contribution in [0.1, 0.15) is 21.5 Å². The fraction of sp³-hybridized carbons (Fsp3) is 0.0435. The zero-order chi connectivity index (χ0) is 20.5. The third-order valence-corrected chi connectivity index (χ3v) is 3.98. The zero-order valence-corrected chi connectivity index (χ0v) is 15.8. The van der Waals surface area contributed by atoms with Crippen molar-refractivity contribution < 1.29 is 14.4 Å². The summed E-state index contributed by atoms with van der Waals surface area (Å²) < 4.78 is 0. The number of hydrogen-bond donors (Lipinski definition) is 1. The maximum absolute atomic E-state index is 12.1. The van der Waals surface area contributed by atoms with Gasteiger partial charge in [0.05, 0.1) is 11.4 Å². The first-order chi connectivity index (χ1) is 14.1. The molecule has 0 unspecified atom stereocenters. The highest BCUT2D eigenvalue weighted by atomic mass is 16.7. The Hall–Kier alpha value is -4.06. The van der Waals surface area contributed by atoms with E-state index in [1.165, 1.54) is 6.08 Å². The van der Waals surface area contributed by atoms with Crippen LogP contribution in [0.3, 0.4) is 0 Å². The molecule has 0 aliphatic rings. The van der Waals surface area contributed by atoms with E-state index < -0.39 is 11.9 Å². The molecule has 1 N–H and O–H groups in total. The number of carbonyl (C=O) groups excluding carboxylic acids is 2. The Morgan fingerprint density at radius 2 is 1.59 bits per heavy atom. The second-order valence-corrected chi connectivity index (χ2v) is 6.13. The standard InChI is InChI=1S/C23H19N3O3/c1-17-7-5-6-10-21(17)23(28)25-24-19-12-14-20(15-13-19)26-29-22(27)16-11-18-8-3-2-4-9-18/h2-16,26H,1H3/b16-11+,25-24?. The zero-order valence-electron chi connectivity index (χ0n) is 15.8. The molecule has 0 aliphatic carbocycles. The minimum absolute atomic E-state index is 0.399. The Morgan fingerprint density at radius 3 is 2.31 bits per heavy atom. The number of amides is 1. The van der Waals surface area contributed by atoms with Gasteiger partial charge in [0.25, 0.3) is 5.91 Å². The summed E-state index contributed by atoms with van der Waals surface area (Å²) in [5.41, 5.74) is 5.91. The predicted octanol–water partition coefficient (Wildman–Crippen LogP) is 5.50. The highest BCUT2D eigenvalue weighted by Crippen LogP contribution is 2.18. The van der Waals surface area contributed by atoms with Crippen molar-refractivity contribution in [3.05, 3.63) is 102 Å². The van der Waals surface area contributed by atoms with Gasteiger partial charge in [-0.25, -0.2) is 10.3 Å². The van der Waals surface area contributed by atoms with Crippen molar-refractivity contribution in [3.8, 4) is 0 Å². The third-order valence-electron chi connectivity index (χ3n) is 3.98. The lowest BCUT2D eigenvalue weighted by Gasteiger charge is -2.04. The van der Waals surface area contributed by atoms with Gasteiger partial charge in [0.15, 0.2) is 0 Å². The van der Waals surface area contributed by atoms with Crippen LogP contribution in [0, 0.1) is 6.92 Å². The molecule has 0 heterocycles. The fourth-order valence-electron chi connectivity index (χ4n) is 2.44. The molecule has 6 heteroatoms. The van der Waals surface area contributed by atoms with Gasteiger partial charge in [-0.05, 0) is 54.5 Å². The Morgan fingerprint density at radius 1 is 0.897 bits per heavy atom. The maximum Gasteiger partial charge on any atom is 0.355 e. The lowest BCUT2D eigenvalue weighted by molar-refractivity contribution is -0.134. The van der Waals surface area contributed by atoms with Crippen molar-refractivity contribution in [3.63, 3.8) is 0 Å².